The highest BCUT2D eigenvalue weighted by atomic mass is 16.6. The summed E-state index contributed by atoms with van der Waals surface area (Å²) in [5.74, 6) is 1.01. The van der Waals surface area contributed by atoms with E-state index in [0.717, 1.165) is 17.7 Å². The van der Waals surface area contributed by atoms with Gasteiger partial charge < -0.3 is 10.1 Å². The van der Waals surface area contributed by atoms with Gasteiger partial charge in [0.1, 0.15) is 0 Å². The zero-order valence-electron chi connectivity index (χ0n) is 14.2. The van der Waals surface area contributed by atoms with Crippen molar-refractivity contribution in [2.45, 2.75) is 25.3 Å². The number of methoxy groups -OCH3 is 1. The molecule has 5 heteroatoms. The third-order valence-electron chi connectivity index (χ3n) is 5.36. The van der Waals surface area contributed by atoms with Crippen molar-refractivity contribution < 1.29 is 9.66 Å². The lowest BCUT2D eigenvalue weighted by atomic mass is 9.76. The molecule has 128 valence electrons. The van der Waals surface area contributed by atoms with Gasteiger partial charge in [0.2, 0.25) is 0 Å². The Morgan fingerprint density at radius 2 is 2.12 bits per heavy atom. The molecule has 2 aromatic carbocycles. The molecule has 0 saturated heterocycles. The number of nitrogens with one attached hydrogen (secondary N) is 1. The summed E-state index contributed by atoms with van der Waals surface area (Å²) in [5.41, 5.74) is 4.61. The molecule has 0 spiro atoms. The number of ether oxygens (including phenoxy) is 1. The van der Waals surface area contributed by atoms with Crippen molar-refractivity contribution in [2.75, 3.05) is 12.4 Å². The third-order valence-corrected chi connectivity index (χ3v) is 5.36. The highest BCUT2D eigenvalue weighted by Crippen LogP contribution is 2.51. The van der Waals surface area contributed by atoms with Crippen LogP contribution in [0.15, 0.2) is 48.6 Å². The fourth-order valence-electron chi connectivity index (χ4n) is 4.15. The average Bonchev–Trinajstić information content (AvgIpc) is 3.11. The van der Waals surface area contributed by atoms with Crippen molar-refractivity contribution in [3.63, 3.8) is 0 Å². The number of aryl methyl sites for hydroxylation is 1. The summed E-state index contributed by atoms with van der Waals surface area (Å²) in [5, 5.41) is 15.0. The highest BCUT2D eigenvalue weighted by molar-refractivity contribution is 5.64. The van der Waals surface area contributed by atoms with Gasteiger partial charge in [0.25, 0.3) is 0 Å². The number of anilines is 1. The minimum atomic E-state index is -0.380. The van der Waals surface area contributed by atoms with Gasteiger partial charge in [-0.2, -0.15) is 0 Å². The number of rotatable bonds is 3. The summed E-state index contributed by atoms with van der Waals surface area (Å²) in [6.07, 6.45) is 5.46. The van der Waals surface area contributed by atoms with Crippen molar-refractivity contribution in [3.8, 4) is 5.75 Å². The SMILES string of the molecule is COc1ccc(C2Nc3c(C)cccc3C3C=CCC32)cc1[N+](=O)[O-]. The topological polar surface area (TPSA) is 64.4 Å². The van der Waals surface area contributed by atoms with Crippen LogP contribution in [0.25, 0.3) is 0 Å². The van der Waals surface area contributed by atoms with Crippen LogP contribution in [0.5, 0.6) is 5.75 Å². The van der Waals surface area contributed by atoms with Crippen molar-refractivity contribution >= 4 is 11.4 Å². The number of nitro groups is 1. The molecule has 4 rings (SSSR count). The smallest absolute Gasteiger partial charge is 0.311 e. The molecule has 1 N–H and O–H groups in total. The van der Waals surface area contributed by atoms with Gasteiger partial charge in [0.05, 0.1) is 18.1 Å². The second-order valence-corrected chi connectivity index (χ2v) is 6.70. The molecule has 1 aliphatic carbocycles. The summed E-state index contributed by atoms with van der Waals surface area (Å²) >= 11 is 0. The fourth-order valence-corrected chi connectivity index (χ4v) is 4.15. The van der Waals surface area contributed by atoms with Crippen LogP contribution >= 0.6 is 0 Å². The van der Waals surface area contributed by atoms with Crippen LogP contribution in [0, 0.1) is 23.0 Å². The molecular formula is C20H20N2O3. The van der Waals surface area contributed by atoms with Crippen LogP contribution in [0.3, 0.4) is 0 Å². The van der Waals surface area contributed by atoms with Crippen molar-refractivity contribution in [1.82, 2.24) is 0 Å². The summed E-state index contributed by atoms with van der Waals surface area (Å²) in [7, 11) is 1.46. The fraction of sp³-hybridized carbons (Fsp3) is 0.300. The molecule has 0 radical (unpaired) electrons. The molecule has 5 nitrogen and oxygen atoms in total. The maximum atomic E-state index is 11.4. The van der Waals surface area contributed by atoms with E-state index in [0.29, 0.717) is 17.6 Å². The van der Waals surface area contributed by atoms with Gasteiger partial charge in [0, 0.05) is 17.7 Å². The lowest BCUT2D eigenvalue weighted by Gasteiger charge is -2.38. The van der Waals surface area contributed by atoms with Gasteiger partial charge >= 0.3 is 5.69 Å². The number of fused-ring (bicyclic) bond motifs is 3. The largest absolute Gasteiger partial charge is 0.490 e. The Labute approximate surface area is 146 Å². The minimum Gasteiger partial charge on any atom is -0.490 e. The van der Waals surface area contributed by atoms with E-state index in [1.165, 1.54) is 18.2 Å². The number of nitrogens with zero attached hydrogens (tertiary/aromatic N) is 1. The summed E-state index contributed by atoms with van der Waals surface area (Å²) < 4.78 is 5.14. The Morgan fingerprint density at radius 3 is 2.88 bits per heavy atom. The predicted molar refractivity (Wildman–Crippen MR) is 97.2 cm³/mol. The number of hydrogen-bond acceptors (Lipinski definition) is 4. The first-order valence-corrected chi connectivity index (χ1v) is 8.45. The molecule has 2 aliphatic rings. The average molecular weight is 336 g/mol. The van der Waals surface area contributed by atoms with Crippen LogP contribution in [0.2, 0.25) is 0 Å². The Hall–Kier alpha value is -2.82. The van der Waals surface area contributed by atoms with Crippen LogP contribution in [-0.2, 0) is 0 Å². The number of para-hydroxylation sites is 1. The number of hydrogen-bond donors (Lipinski definition) is 1. The number of allylic oxidation sites excluding steroid dienone is 2. The van der Waals surface area contributed by atoms with Gasteiger partial charge in [-0.05, 0) is 42.0 Å². The Bertz CT molecular complexity index is 875. The van der Waals surface area contributed by atoms with E-state index in [2.05, 4.69) is 42.6 Å². The molecule has 0 amide bonds. The van der Waals surface area contributed by atoms with E-state index in [1.54, 1.807) is 12.1 Å². The van der Waals surface area contributed by atoms with Crippen LogP contribution in [0.1, 0.15) is 35.1 Å². The first kappa shape index (κ1) is 15.7. The number of benzene rings is 2. The molecule has 25 heavy (non-hydrogen) atoms. The molecular weight excluding hydrogens is 316 g/mol. The quantitative estimate of drug-likeness (QED) is 0.499. The molecule has 1 heterocycles. The van der Waals surface area contributed by atoms with E-state index in [1.807, 2.05) is 6.07 Å². The lowest BCUT2D eigenvalue weighted by Crippen LogP contribution is -2.29. The first-order chi connectivity index (χ1) is 12.1. The van der Waals surface area contributed by atoms with Gasteiger partial charge in [0.15, 0.2) is 5.75 Å². The van der Waals surface area contributed by atoms with Gasteiger partial charge in [-0.15, -0.1) is 0 Å². The van der Waals surface area contributed by atoms with Crippen molar-refractivity contribution in [1.29, 1.82) is 0 Å². The summed E-state index contributed by atoms with van der Waals surface area (Å²) in [6, 6.07) is 11.7. The summed E-state index contributed by atoms with van der Waals surface area (Å²) in [4.78, 5) is 11.0. The minimum absolute atomic E-state index is 0.0138. The normalized spacial score (nSPS) is 23.5. The second-order valence-electron chi connectivity index (χ2n) is 6.70. The van der Waals surface area contributed by atoms with E-state index in [-0.39, 0.29) is 16.7 Å². The predicted octanol–water partition coefficient (Wildman–Crippen LogP) is 4.74. The monoisotopic (exact) mass is 336 g/mol. The van der Waals surface area contributed by atoms with Gasteiger partial charge in [-0.1, -0.05) is 36.4 Å². The molecule has 0 fully saturated rings. The maximum Gasteiger partial charge on any atom is 0.311 e. The Balaban J connectivity index is 1.80. The lowest BCUT2D eigenvalue weighted by molar-refractivity contribution is -0.385. The summed E-state index contributed by atoms with van der Waals surface area (Å²) in [6.45, 7) is 2.10. The first-order valence-electron chi connectivity index (χ1n) is 8.45. The Morgan fingerprint density at radius 1 is 1.28 bits per heavy atom. The van der Waals surface area contributed by atoms with E-state index in [9.17, 15) is 10.1 Å². The molecule has 0 saturated carbocycles. The standard InChI is InChI=1S/C20H20N2O3/c1-12-5-3-7-15-14-6-4-8-16(14)20(21-19(12)15)13-9-10-18(25-2)17(11-13)22(23)24/h3-7,9-11,14,16,20-21H,8H2,1-2H3. The van der Waals surface area contributed by atoms with E-state index >= 15 is 0 Å². The third kappa shape index (κ3) is 2.47. The van der Waals surface area contributed by atoms with Gasteiger partial charge in [-0.3, -0.25) is 10.1 Å². The zero-order valence-corrected chi connectivity index (χ0v) is 14.2. The van der Waals surface area contributed by atoms with Gasteiger partial charge in [-0.25, -0.2) is 0 Å². The molecule has 3 unspecified atom stereocenters. The van der Waals surface area contributed by atoms with E-state index in [4.69, 9.17) is 4.74 Å². The van der Waals surface area contributed by atoms with Crippen LogP contribution in [0.4, 0.5) is 11.4 Å². The second kappa shape index (κ2) is 5.92. The van der Waals surface area contributed by atoms with Crippen molar-refractivity contribution in [2.24, 2.45) is 5.92 Å². The maximum absolute atomic E-state index is 11.4. The highest BCUT2D eigenvalue weighted by Gasteiger charge is 2.38. The molecule has 3 atom stereocenters. The van der Waals surface area contributed by atoms with E-state index < -0.39 is 0 Å². The zero-order chi connectivity index (χ0) is 17.6. The van der Waals surface area contributed by atoms with Crippen LogP contribution < -0.4 is 10.1 Å². The molecule has 0 aromatic heterocycles. The van der Waals surface area contributed by atoms with Crippen molar-refractivity contribution in [3.05, 3.63) is 75.4 Å². The molecule has 1 aliphatic heterocycles. The molecule has 2 aromatic rings. The molecule has 0 bridgehead atoms. The Kier molecular flexibility index (Phi) is 3.71. The number of nitro benzene ring substituents is 1. The van der Waals surface area contributed by atoms with Crippen LogP contribution in [-0.4, -0.2) is 12.0 Å².